The van der Waals surface area contributed by atoms with Gasteiger partial charge in [-0.1, -0.05) is 6.92 Å². The minimum absolute atomic E-state index is 0.0667. The molecule has 0 radical (unpaired) electrons. The minimum Gasteiger partial charge on any atom is -0.466 e. The molecule has 0 spiro atoms. The van der Waals surface area contributed by atoms with Crippen molar-refractivity contribution >= 4 is 11.6 Å². The van der Waals surface area contributed by atoms with Crippen LogP contribution >= 0.6 is 0 Å². The highest BCUT2D eigenvalue weighted by Gasteiger charge is 2.09. The number of hydrogen-bond acceptors (Lipinski definition) is 3. The number of rotatable bonds is 6. The molecule has 2 rings (SSSR count). The van der Waals surface area contributed by atoms with Crippen molar-refractivity contribution in [3.63, 3.8) is 0 Å². The summed E-state index contributed by atoms with van der Waals surface area (Å²) < 4.78 is 5.46. The number of carbonyl (C=O) groups is 1. The normalized spacial score (nSPS) is 10.5. The third-order valence-electron chi connectivity index (χ3n) is 3.71. The van der Waals surface area contributed by atoms with Crippen molar-refractivity contribution in [2.24, 2.45) is 0 Å². The van der Waals surface area contributed by atoms with Crippen LogP contribution in [0.25, 0.3) is 0 Å². The van der Waals surface area contributed by atoms with Gasteiger partial charge in [0.05, 0.1) is 0 Å². The largest absolute Gasteiger partial charge is 0.466 e. The Kier molecular flexibility index (Phi) is 5.26. The minimum atomic E-state index is -0.0667. The molecule has 4 heteroatoms. The van der Waals surface area contributed by atoms with Crippen LogP contribution < -0.4 is 10.2 Å². The number of aryl methyl sites for hydroxylation is 2. The lowest BCUT2D eigenvalue weighted by Gasteiger charge is -2.18. The van der Waals surface area contributed by atoms with Crippen molar-refractivity contribution in [3.8, 4) is 0 Å². The number of furan rings is 1. The summed E-state index contributed by atoms with van der Waals surface area (Å²) in [6.45, 7) is 7.46. The smallest absolute Gasteiger partial charge is 0.251 e. The number of hydrogen-bond donors (Lipinski definition) is 1. The first-order chi connectivity index (χ1) is 10.5. The molecular formula is C18H24N2O2. The molecule has 1 aromatic heterocycles. The van der Waals surface area contributed by atoms with Gasteiger partial charge in [-0.05, 0) is 50.6 Å². The van der Waals surface area contributed by atoms with Crippen LogP contribution in [0.4, 0.5) is 5.69 Å². The van der Waals surface area contributed by atoms with Gasteiger partial charge in [0.25, 0.3) is 5.91 Å². The molecule has 2 aromatic rings. The topological polar surface area (TPSA) is 45.5 Å². The average molecular weight is 300 g/mol. The van der Waals surface area contributed by atoms with Crippen molar-refractivity contribution < 1.29 is 9.21 Å². The standard InChI is InChI=1S/C18H24N2O2/c1-5-10-20(4)17-8-6-15(7-9-17)18(21)19-12-16-11-13(2)22-14(16)3/h6-9,11H,5,10,12H2,1-4H3,(H,19,21). The van der Waals surface area contributed by atoms with Gasteiger partial charge in [-0.2, -0.15) is 0 Å². The molecule has 0 saturated carbocycles. The van der Waals surface area contributed by atoms with Crippen LogP contribution in [0.3, 0.4) is 0 Å². The van der Waals surface area contributed by atoms with E-state index in [-0.39, 0.29) is 5.91 Å². The fourth-order valence-electron chi connectivity index (χ4n) is 2.47. The lowest BCUT2D eigenvalue weighted by atomic mass is 10.1. The van der Waals surface area contributed by atoms with Crippen LogP contribution in [-0.4, -0.2) is 19.5 Å². The zero-order chi connectivity index (χ0) is 16.1. The second-order valence-electron chi connectivity index (χ2n) is 5.59. The van der Waals surface area contributed by atoms with Crippen molar-refractivity contribution in [2.45, 2.75) is 33.7 Å². The summed E-state index contributed by atoms with van der Waals surface area (Å²) in [6, 6.07) is 9.66. The first kappa shape index (κ1) is 16.1. The van der Waals surface area contributed by atoms with Crippen LogP contribution in [0.2, 0.25) is 0 Å². The molecule has 0 bridgehead atoms. The molecule has 1 amide bonds. The SMILES string of the molecule is CCCN(C)c1ccc(C(=O)NCc2cc(C)oc2C)cc1. The molecular weight excluding hydrogens is 276 g/mol. The van der Waals surface area contributed by atoms with Gasteiger partial charge in [-0.3, -0.25) is 4.79 Å². The van der Waals surface area contributed by atoms with Crippen molar-refractivity contribution in [1.82, 2.24) is 5.32 Å². The van der Waals surface area contributed by atoms with Crippen molar-refractivity contribution in [2.75, 3.05) is 18.5 Å². The van der Waals surface area contributed by atoms with Crippen LogP contribution in [0.15, 0.2) is 34.7 Å². The summed E-state index contributed by atoms with van der Waals surface area (Å²) in [6.07, 6.45) is 1.10. The highest BCUT2D eigenvalue weighted by molar-refractivity contribution is 5.94. The zero-order valence-corrected chi connectivity index (χ0v) is 13.8. The Bertz CT molecular complexity index is 629. The van der Waals surface area contributed by atoms with E-state index in [1.54, 1.807) is 0 Å². The molecule has 0 aliphatic carbocycles. The van der Waals surface area contributed by atoms with Gasteiger partial charge >= 0.3 is 0 Å². The van der Waals surface area contributed by atoms with E-state index >= 15 is 0 Å². The van der Waals surface area contributed by atoms with Crippen LogP contribution in [-0.2, 0) is 6.54 Å². The van der Waals surface area contributed by atoms with E-state index in [0.29, 0.717) is 12.1 Å². The molecule has 0 aliphatic rings. The number of nitrogens with zero attached hydrogens (tertiary/aromatic N) is 1. The lowest BCUT2D eigenvalue weighted by Crippen LogP contribution is -2.23. The number of benzene rings is 1. The Morgan fingerprint density at radius 1 is 1.23 bits per heavy atom. The Balaban J connectivity index is 1.96. The highest BCUT2D eigenvalue weighted by atomic mass is 16.3. The molecule has 0 atom stereocenters. The van der Waals surface area contributed by atoms with Crippen molar-refractivity contribution in [1.29, 1.82) is 0 Å². The maximum Gasteiger partial charge on any atom is 0.251 e. The summed E-state index contributed by atoms with van der Waals surface area (Å²) in [5.41, 5.74) is 2.82. The van der Waals surface area contributed by atoms with Crippen molar-refractivity contribution in [3.05, 3.63) is 53.0 Å². The second kappa shape index (κ2) is 7.16. The lowest BCUT2D eigenvalue weighted by molar-refractivity contribution is 0.0951. The third kappa shape index (κ3) is 3.91. The molecule has 0 aliphatic heterocycles. The third-order valence-corrected chi connectivity index (χ3v) is 3.71. The van der Waals surface area contributed by atoms with E-state index in [1.165, 1.54) is 0 Å². The summed E-state index contributed by atoms with van der Waals surface area (Å²) in [5.74, 6) is 1.65. The van der Waals surface area contributed by atoms with E-state index in [0.717, 1.165) is 35.7 Å². The van der Waals surface area contributed by atoms with Gasteiger partial charge in [0, 0.05) is 37.0 Å². The van der Waals surface area contributed by atoms with E-state index in [2.05, 4.69) is 24.2 Å². The van der Waals surface area contributed by atoms with Gasteiger partial charge in [-0.15, -0.1) is 0 Å². The summed E-state index contributed by atoms with van der Waals surface area (Å²) in [5, 5.41) is 2.93. The average Bonchev–Trinajstić information content (AvgIpc) is 2.83. The molecule has 1 heterocycles. The second-order valence-corrected chi connectivity index (χ2v) is 5.59. The Morgan fingerprint density at radius 3 is 2.45 bits per heavy atom. The number of carbonyl (C=O) groups excluding carboxylic acids is 1. The summed E-state index contributed by atoms with van der Waals surface area (Å²) in [4.78, 5) is 14.4. The Morgan fingerprint density at radius 2 is 1.91 bits per heavy atom. The maximum atomic E-state index is 12.2. The maximum absolute atomic E-state index is 12.2. The van der Waals surface area contributed by atoms with Gasteiger partial charge in [0.2, 0.25) is 0 Å². The van der Waals surface area contributed by atoms with Crippen LogP contribution in [0, 0.1) is 13.8 Å². The molecule has 118 valence electrons. The number of anilines is 1. The van der Waals surface area contributed by atoms with Crippen LogP contribution in [0.1, 0.15) is 40.8 Å². The monoisotopic (exact) mass is 300 g/mol. The molecule has 1 N–H and O–H groups in total. The molecule has 0 saturated heterocycles. The van der Waals surface area contributed by atoms with Crippen LogP contribution in [0.5, 0.6) is 0 Å². The Labute approximate surface area is 132 Å². The van der Waals surface area contributed by atoms with Gasteiger partial charge in [0.1, 0.15) is 11.5 Å². The quantitative estimate of drug-likeness (QED) is 0.885. The number of amides is 1. The van der Waals surface area contributed by atoms with E-state index in [9.17, 15) is 4.79 Å². The predicted octanol–water partition coefficient (Wildman–Crippen LogP) is 3.67. The first-order valence-electron chi connectivity index (χ1n) is 7.66. The molecule has 4 nitrogen and oxygen atoms in total. The molecule has 22 heavy (non-hydrogen) atoms. The zero-order valence-electron chi connectivity index (χ0n) is 13.8. The van der Waals surface area contributed by atoms with Gasteiger partial charge in [-0.25, -0.2) is 0 Å². The molecule has 1 aromatic carbocycles. The molecule has 0 fully saturated rings. The van der Waals surface area contributed by atoms with E-state index < -0.39 is 0 Å². The predicted molar refractivity (Wildman–Crippen MR) is 89.4 cm³/mol. The summed E-state index contributed by atoms with van der Waals surface area (Å²) in [7, 11) is 2.06. The highest BCUT2D eigenvalue weighted by Crippen LogP contribution is 2.15. The fourth-order valence-corrected chi connectivity index (χ4v) is 2.47. The summed E-state index contributed by atoms with van der Waals surface area (Å²) >= 11 is 0. The van der Waals surface area contributed by atoms with Gasteiger partial charge in [0.15, 0.2) is 0 Å². The van der Waals surface area contributed by atoms with E-state index in [1.807, 2.05) is 44.2 Å². The number of nitrogens with one attached hydrogen (secondary N) is 1. The molecule has 0 unspecified atom stereocenters. The van der Waals surface area contributed by atoms with Gasteiger partial charge < -0.3 is 14.6 Å². The Hall–Kier alpha value is -2.23. The first-order valence-corrected chi connectivity index (χ1v) is 7.66. The van der Waals surface area contributed by atoms with E-state index in [4.69, 9.17) is 4.42 Å². The fraction of sp³-hybridized carbons (Fsp3) is 0.389.